The van der Waals surface area contributed by atoms with Gasteiger partial charge < -0.3 is 9.64 Å². The van der Waals surface area contributed by atoms with Crippen molar-refractivity contribution in [1.82, 2.24) is 0 Å². The van der Waals surface area contributed by atoms with E-state index >= 15 is 0 Å². The van der Waals surface area contributed by atoms with Crippen LogP contribution in [0.5, 0.6) is 5.75 Å². The predicted octanol–water partition coefficient (Wildman–Crippen LogP) is 3.56. The fourth-order valence-electron chi connectivity index (χ4n) is 2.36. The minimum atomic E-state index is 0.540. The lowest BCUT2D eigenvalue weighted by molar-refractivity contribution is 0.415. The molecule has 1 aliphatic rings. The summed E-state index contributed by atoms with van der Waals surface area (Å²) in [5.41, 5.74) is 4.00. The van der Waals surface area contributed by atoms with Crippen molar-refractivity contribution >= 4 is 5.69 Å². The first-order valence-electron chi connectivity index (χ1n) is 6.25. The van der Waals surface area contributed by atoms with E-state index in [1.807, 2.05) is 12.1 Å². The van der Waals surface area contributed by atoms with E-state index in [1.54, 1.807) is 7.11 Å². The Kier molecular flexibility index (Phi) is 2.71. The number of methoxy groups -OCH3 is 1. The molecule has 0 aromatic heterocycles. The first kappa shape index (κ1) is 11.1. The minimum Gasteiger partial charge on any atom is -0.497 e. The van der Waals surface area contributed by atoms with Crippen LogP contribution in [0.25, 0.3) is 0 Å². The zero-order valence-electron chi connectivity index (χ0n) is 10.8. The van der Waals surface area contributed by atoms with Crippen molar-refractivity contribution in [3.8, 4) is 5.75 Å². The Labute approximate surface area is 108 Å². The Bertz CT molecular complexity index is 547. The van der Waals surface area contributed by atoms with Crippen LogP contribution >= 0.6 is 0 Å². The van der Waals surface area contributed by atoms with E-state index in [0.29, 0.717) is 6.04 Å². The monoisotopic (exact) mass is 239 g/mol. The van der Waals surface area contributed by atoms with Gasteiger partial charge in [0.25, 0.3) is 0 Å². The molecular formula is C16H17NO. The molecule has 0 spiro atoms. The zero-order chi connectivity index (χ0) is 12.5. The van der Waals surface area contributed by atoms with Crippen LogP contribution in [0.3, 0.4) is 0 Å². The average Bonchev–Trinajstić information content (AvgIpc) is 3.19. The van der Waals surface area contributed by atoms with Crippen LogP contribution in [0.15, 0.2) is 48.5 Å². The van der Waals surface area contributed by atoms with Gasteiger partial charge in [-0.3, -0.25) is 0 Å². The van der Waals surface area contributed by atoms with E-state index in [2.05, 4.69) is 48.2 Å². The topological polar surface area (TPSA) is 12.2 Å². The molecule has 0 N–H and O–H groups in total. The van der Waals surface area contributed by atoms with Gasteiger partial charge in [-0.1, -0.05) is 29.8 Å². The van der Waals surface area contributed by atoms with Crippen molar-refractivity contribution in [3.05, 3.63) is 59.7 Å². The molecule has 1 fully saturated rings. The molecule has 2 aromatic rings. The second kappa shape index (κ2) is 4.37. The summed E-state index contributed by atoms with van der Waals surface area (Å²) < 4.78 is 5.18. The van der Waals surface area contributed by atoms with Crippen LogP contribution < -0.4 is 9.64 Å². The molecule has 0 unspecified atom stereocenters. The molecule has 1 saturated heterocycles. The number of aryl methyl sites for hydroxylation is 1. The van der Waals surface area contributed by atoms with Gasteiger partial charge in [-0.15, -0.1) is 0 Å². The van der Waals surface area contributed by atoms with E-state index < -0.39 is 0 Å². The highest BCUT2D eigenvalue weighted by atomic mass is 16.5. The van der Waals surface area contributed by atoms with Crippen LogP contribution in [0, 0.1) is 6.92 Å². The minimum absolute atomic E-state index is 0.540. The lowest BCUT2D eigenvalue weighted by atomic mass is 10.1. The van der Waals surface area contributed by atoms with Gasteiger partial charge in [-0.05, 0) is 36.8 Å². The molecule has 2 heteroatoms. The van der Waals surface area contributed by atoms with Crippen LogP contribution in [0.4, 0.5) is 5.69 Å². The fraction of sp³-hybridized carbons (Fsp3) is 0.250. The van der Waals surface area contributed by atoms with Gasteiger partial charge in [0, 0.05) is 12.2 Å². The Hall–Kier alpha value is -1.96. The number of nitrogens with zero attached hydrogens (tertiary/aromatic N) is 1. The summed E-state index contributed by atoms with van der Waals surface area (Å²) >= 11 is 0. The maximum Gasteiger partial charge on any atom is 0.119 e. The second-order valence-corrected chi connectivity index (χ2v) is 4.78. The molecule has 0 radical (unpaired) electrons. The Morgan fingerprint density at radius 1 is 1.11 bits per heavy atom. The highest BCUT2D eigenvalue weighted by Crippen LogP contribution is 2.40. The Morgan fingerprint density at radius 3 is 2.56 bits per heavy atom. The normalized spacial score (nSPS) is 17.7. The summed E-state index contributed by atoms with van der Waals surface area (Å²) in [6, 6.07) is 17.6. The summed E-state index contributed by atoms with van der Waals surface area (Å²) in [5, 5.41) is 0. The van der Waals surface area contributed by atoms with Crippen molar-refractivity contribution in [3.63, 3.8) is 0 Å². The molecule has 92 valence electrons. The maximum atomic E-state index is 5.18. The molecular weight excluding hydrogens is 222 g/mol. The molecule has 0 aliphatic carbocycles. The number of hydrogen-bond acceptors (Lipinski definition) is 2. The smallest absolute Gasteiger partial charge is 0.119 e. The van der Waals surface area contributed by atoms with Crippen molar-refractivity contribution in [2.75, 3.05) is 18.6 Å². The maximum absolute atomic E-state index is 5.18. The average molecular weight is 239 g/mol. The van der Waals surface area contributed by atoms with Crippen molar-refractivity contribution in [2.45, 2.75) is 13.0 Å². The predicted molar refractivity (Wildman–Crippen MR) is 74.3 cm³/mol. The first-order chi connectivity index (χ1) is 8.78. The van der Waals surface area contributed by atoms with Crippen LogP contribution in [-0.4, -0.2) is 13.7 Å². The van der Waals surface area contributed by atoms with Gasteiger partial charge >= 0.3 is 0 Å². The molecule has 18 heavy (non-hydrogen) atoms. The molecule has 1 heterocycles. The van der Waals surface area contributed by atoms with E-state index in [4.69, 9.17) is 4.74 Å². The van der Waals surface area contributed by atoms with Gasteiger partial charge in [0.05, 0.1) is 13.2 Å². The molecule has 2 nitrogen and oxygen atoms in total. The van der Waals surface area contributed by atoms with E-state index in [1.165, 1.54) is 16.8 Å². The third kappa shape index (κ3) is 2.06. The van der Waals surface area contributed by atoms with Gasteiger partial charge in [0.2, 0.25) is 0 Å². The van der Waals surface area contributed by atoms with Crippen molar-refractivity contribution < 1.29 is 4.74 Å². The number of hydrogen-bond donors (Lipinski definition) is 0. The standard InChI is InChI=1S/C16H17NO/c1-12-4-3-5-13(10-12)16-11-17(16)14-6-8-15(18-2)9-7-14/h3-10,16H,11H2,1-2H3/t16-,17?/m0/s1. The molecule has 3 rings (SSSR count). The molecule has 2 aromatic carbocycles. The van der Waals surface area contributed by atoms with Gasteiger partial charge in [0.15, 0.2) is 0 Å². The molecule has 1 atom stereocenters. The fourth-order valence-corrected chi connectivity index (χ4v) is 2.36. The number of anilines is 1. The summed E-state index contributed by atoms with van der Waals surface area (Å²) in [4.78, 5) is 2.40. The SMILES string of the molecule is COc1ccc(N2C[C@H]2c2cccc(C)c2)cc1. The van der Waals surface area contributed by atoms with Crippen molar-refractivity contribution in [2.24, 2.45) is 0 Å². The lowest BCUT2D eigenvalue weighted by Gasteiger charge is -2.07. The summed E-state index contributed by atoms with van der Waals surface area (Å²) in [6.07, 6.45) is 0. The van der Waals surface area contributed by atoms with Crippen molar-refractivity contribution in [1.29, 1.82) is 0 Å². The molecule has 1 aliphatic heterocycles. The number of rotatable bonds is 3. The largest absolute Gasteiger partial charge is 0.497 e. The first-order valence-corrected chi connectivity index (χ1v) is 6.25. The Morgan fingerprint density at radius 2 is 1.89 bits per heavy atom. The molecule has 0 amide bonds. The lowest BCUT2D eigenvalue weighted by Crippen LogP contribution is -1.94. The van der Waals surface area contributed by atoms with E-state index in [-0.39, 0.29) is 0 Å². The quantitative estimate of drug-likeness (QED) is 0.759. The molecule has 0 saturated carbocycles. The third-order valence-electron chi connectivity index (χ3n) is 3.44. The van der Waals surface area contributed by atoms with Crippen LogP contribution in [0.2, 0.25) is 0 Å². The van der Waals surface area contributed by atoms with E-state index in [0.717, 1.165) is 12.3 Å². The number of benzene rings is 2. The summed E-state index contributed by atoms with van der Waals surface area (Å²) in [6.45, 7) is 3.25. The van der Waals surface area contributed by atoms with Crippen LogP contribution in [-0.2, 0) is 0 Å². The van der Waals surface area contributed by atoms with Crippen LogP contribution in [0.1, 0.15) is 17.2 Å². The number of ether oxygens (including phenoxy) is 1. The molecule has 0 bridgehead atoms. The van der Waals surface area contributed by atoms with Gasteiger partial charge in [0.1, 0.15) is 5.75 Å². The third-order valence-corrected chi connectivity index (χ3v) is 3.44. The van der Waals surface area contributed by atoms with Gasteiger partial charge in [-0.25, -0.2) is 0 Å². The van der Waals surface area contributed by atoms with Gasteiger partial charge in [-0.2, -0.15) is 0 Å². The highest BCUT2D eigenvalue weighted by Gasteiger charge is 2.35. The Balaban J connectivity index is 1.77. The summed E-state index contributed by atoms with van der Waals surface area (Å²) in [7, 11) is 1.70. The summed E-state index contributed by atoms with van der Waals surface area (Å²) in [5.74, 6) is 0.910. The van der Waals surface area contributed by atoms with E-state index in [9.17, 15) is 0 Å². The highest BCUT2D eigenvalue weighted by molar-refractivity contribution is 5.57. The second-order valence-electron chi connectivity index (χ2n) is 4.78. The zero-order valence-corrected chi connectivity index (χ0v) is 10.8.